The molecule has 3 aromatic rings. The molecule has 0 aliphatic heterocycles. The van der Waals surface area contributed by atoms with Gasteiger partial charge in [0.15, 0.2) is 5.15 Å². The van der Waals surface area contributed by atoms with Gasteiger partial charge in [0.2, 0.25) is 5.91 Å². The minimum Gasteiger partial charge on any atom is -0.497 e. The Bertz CT molecular complexity index is 845. The second kappa shape index (κ2) is 6.71. The highest BCUT2D eigenvalue weighted by Crippen LogP contribution is 2.22. The van der Waals surface area contributed by atoms with E-state index >= 15 is 0 Å². The van der Waals surface area contributed by atoms with Gasteiger partial charge in [0, 0.05) is 23.6 Å². The van der Waals surface area contributed by atoms with Crippen molar-refractivity contribution < 1.29 is 9.53 Å². The summed E-state index contributed by atoms with van der Waals surface area (Å²) in [5.74, 6) is 0.613. The Labute approximate surface area is 138 Å². The Hall–Kier alpha value is -2.53. The van der Waals surface area contributed by atoms with Crippen molar-refractivity contribution in [3.05, 3.63) is 53.7 Å². The molecule has 118 valence electrons. The fourth-order valence-corrected chi connectivity index (χ4v) is 2.64. The molecule has 23 heavy (non-hydrogen) atoms. The second-order valence-electron chi connectivity index (χ2n) is 5.06. The van der Waals surface area contributed by atoms with Gasteiger partial charge in [-0.3, -0.25) is 9.48 Å². The van der Waals surface area contributed by atoms with Gasteiger partial charge in [-0.1, -0.05) is 29.8 Å². The number of aromatic nitrogens is 2. The van der Waals surface area contributed by atoms with Gasteiger partial charge >= 0.3 is 0 Å². The summed E-state index contributed by atoms with van der Waals surface area (Å²) in [6, 6.07) is 14.9. The maximum Gasteiger partial charge on any atom is 0.226 e. The lowest BCUT2D eigenvalue weighted by atomic mass is 10.2. The average molecular weight is 330 g/mol. The van der Waals surface area contributed by atoms with Gasteiger partial charge in [-0.05, 0) is 24.3 Å². The molecule has 1 amide bonds. The highest BCUT2D eigenvalue weighted by atomic mass is 35.5. The SMILES string of the molecule is COc1cccc(NC(=O)CCn2nc(Cl)c3ccccc32)c1. The van der Waals surface area contributed by atoms with Gasteiger partial charge in [-0.2, -0.15) is 5.10 Å². The Morgan fingerprint density at radius 1 is 1.26 bits per heavy atom. The van der Waals surface area contributed by atoms with Crippen molar-refractivity contribution in [1.82, 2.24) is 9.78 Å². The van der Waals surface area contributed by atoms with Crippen LogP contribution in [0.4, 0.5) is 5.69 Å². The largest absolute Gasteiger partial charge is 0.497 e. The number of rotatable bonds is 5. The van der Waals surface area contributed by atoms with Crippen LogP contribution in [0.2, 0.25) is 5.15 Å². The van der Waals surface area contributed by atoms with Crippen LogP contribution in [0.5, 0.6) is 5.75 Å². The van der Waals surface area contributed by atoms with Crippen molar-refractivity contribution in [2.24, 2.45) is 0 Å². The summed E-state index contributed by atoms with van der Waals surface area (Å²) in [6.45, 7) is 0.461. The number of nitrogens with zero attached hydrogens (tertiary/aromatic N) is 2. The van der Waals surface area contributed by atoms with Gasteiger partial charge in [0.1, 0.15) is 5.75 Å². The molecule has 1 heterocycles. The number of carbonyl (C=O) groups is 1. The molecule has 0 saturated carbocycles. The number of nitrogens with one attached hydrogen (secondary N) is 1. The molecule has 0 radical (unpaired) electrons. The van der Waals surface area contributed by atoms with Gasteiger partial charge in [-0.25, -0.2) is 0 Å². The lowest BCUT2D eigenvalue weighted by Gasteiger charge is -2.07. The molecule has 1 aromatic heterocycles. The summed E-state index contributed by atoms with van der Waals surface area (Å²) >= 11 is 6.11. The van der Waals surface area contributed by atoms with Crippen molar-refractivity contribution in [2.75, 3.05) is 12.4 Å². The maximum absolute atomic E-state index is 12.1. The molecular weight excluding hydrogens is 314 g/mol. The van der Waals surface area contributed by atoms with Crippen molar-refractivity contribution in [1.29, 1.82) is 0 Å². The first-order valence-electron chi connectivity index (χ1n) is 7.22. The molecule has 0 saturated heterocycles. The summed E-state index contributed by atoms with van der Waals surface area (Å²) in [4.78, 5) is 12.1. The molecule has 0 aliphatic rings. The van der Waals surface area contributed by atoms with Crippen molar-refractivity contribution in [3.63, 3.8) is 0 Å². The molecule has 2 aromatic carbocycles. The first-order chi connectivity index (χ1) is 11.2. The predicted molar refractivity (Wildman–Crippen MR) is 91.0 cm³/mol. The second-order valence-corrected chi connectivity index (χ2v) is 5.42. The Morgan fingerprint density at radius 3 is 2.91 bits per heavy atom. The lowest BCUT2D eigenvalue weighted by molar-refractivity contribution is -0.116. The van der Waals surface area contributed by atoms with Crippen molar-refractivity contribution in [2.45, 2.75) is 13.0 Å². The van der Waals surface area contributed by atoms with Crippen molar-refractivity contribution in [3.8, 4) is 5.75 Å². The van der Waals surface area contributed by atoms with Crippen LogP contribution in [-0.4, -0.2) is 22.8 Å². The molecule has 0 atom stereocenters. The zero-order valence-corrected chi connectivity index (χ0v) is 13.4. The maximum atomic E-state index is 12.1. The number of para-hydroxylation sites is 1. The highest BCUT2D eigenvalue weighted by Gasteiger charge is 2.10. The van der Waals surface area contributed by atoms with E-state index in [1.54, 1.807) is 17.9 Å². The van der Waals surface area contributed by atoms with Gasteiger partial charge < -0.3 is 10.1 Å². The van der Waals surface area contributed by atoms with E-state index < -0.39 is 0 Å². The standard InChI is InChI=1S/C17H16ClN3O2/c1-23-13-6-4-5-12(11-13)19-16(22)9-10-21-15-8-3-2-7-14(15)17(18)20-21/h2-8,11H,9-10H2,1H3,(H,19,22). The number of benzene rings is 2. The van der Waals surface area contributed by atoms with E-state index in [0.717, 1.165) is 10.9 Å². The molecule has 6 heteroatoms. The predicted octanol–water partition coefficient (Wildman–Crippen LogP) is 3.73. The number of carbonyl (C=O) groups excluding carboxylic acids is 1. The van der Waals surface area contributed by atoms with Crippen LogP contribution < -0.4 is 10.1 Å². The number of hydrogen-bond acceptors (Lipinski definition) is 3. The van der Waals surface area contributed by atoms with Crippen molar-refractivity contribution >= 4 is 34.1 Å². The van der Waals surface area contributed by atoms with Crippen LogP contribution >= 0.6 is 11.6 Å². The lowest BCUT2D eigenvalue weighted by Crippen LogP contribution is -2.15. The normalized spacial score (nSPS) is 10.7. The highest BCUT2D eigenvalue weighted by molar-refractivity contribution is 6.34. The molecule has 1 N–H and O–H groups in total. The van der Waals surface area contributed by atoms with E-state index in [-0.39, 0.29) is 5.91 Å². The zero-order valence-electron chi connectivity index (χ0n) is 12.6. The third-order valence-corrected chi connectivity index (χ3v) is 3.80. The van der Waals surface area contributed by atoms with E-state index in [1.807, 2.05) is 42.5 Å². The Morgan fingerprint density at radius 2 is 2.09 bits per heavy atom. The minimum absolute atomic E-state index is 0.0889. The number of halogens is 1. The van der Waals surface area contributed by atoms with E-state index in [1.165, 1.54) is 0 Å². The molecule has 0 aliphatic carbocycles. The van der Waals surface area contributed by atoms with Crippen LogP contribution in [0.15, 0.2) is 48.5 Å². The Balaban J connectivity index is 1.66. The quantitative estimate of drug-likeness (QED) is 0.776. The first kappa shape index (κ1) is 15.4. The van der Waals surface area contributed by atoms with E-state index in [0.29, 0.717) is 29.6 Å². The fraction of sp³-hybridized carbons (Fsp3) is 0.176. The summed E-state index contributed by atoms with van der Waals surface area (Å²) in [5.41, 5.74) is 1.63. The summed E-state index contributed by atoms with van der Waals surface area (Å²) in [7, 11) is 1.59. The fourth-order valence-electron chi connectivity index (χ4n) is 2.39. The summed E-state index contributed by atoms with van der Waals surface area (Å²) < 4.78 is 6.89. The van der Waals surface area contributed by atoms with E-state index in [9.17, 15) is 4.79 Å². The van der Waals surface area contributed by atoms with Crippen LogP contribution in [0.25, 0.3) is 10.9 Å². The third kappa shape index (κ3) is 3.46. The van der Waals surface area contributed by atoms with Crippen LogP contribution in [0.3, 0.4) is 0 Å². The monoisotopic (exact) mass is 329 g/mol. The van der Waals surface area contributed by atoms with Gasteiger partial charge in [0.05, 0.1) is 19.2 Å². The number of fused-ring (bicyclic) bond motifs is 1. The molecule has 0 fully saturated rings. The summed E-state index contributed by atoms with van der Waals surface area (Å²) in [6.07, 6.45) is 0.305. The third-order valence-electron chi connectivity index (χ3n) is 3.52. The number of amides is 1. The average Bonchev–Trinajstić information content (AvgIpc) is 2.90. The smallest absolute Gasteiger partial charge is 0.226 e. The van der Waals surface area contributed by atoms with Crippen LogP contribution in [0, 0.1) is 0 Å². The van der Waals surface area contributed by atoms with Gasteiger partial charge in [-0.15, -0.1) is 0 Å². The minimum atomic E-state index is -0.0889. The number of anilines is 1. The summed E-state index contributed by atoms with van der Waals surface area (Å²) in [5, 5.41) is 8.47. The number of aryl methyl sites for hydroxylation is 1. The van der Waals surface area contributed by atoms with Gasteiger partial charge in [0.25, 0.3) is 0 Å². The van der Waals surface area contributed by atoms with E-state index in [4.69, 9.17) is 16.3 Å². The van der Waals surface area contributed by atoms with Crippen LogP contribution in [0.1, 0.15) is 6.42 Å². The topological polar surface area (TPSA) is 56.1 Å². The number of ether oxygens (including phenoxy) is 1. The molecule has 0 bridgehead atoms. The number of methoxy groups -OCH3 is 1. The van der Waals surface area contributed by atoms with Crippen LogP contribution in [-0.2, 0) is 11.3 Å². The number of hydrogen-bond donors (Lipinski definition) is 1. The zero-order chi connectivity index (χ0) is 16.2. The molecule has 5 nitrogen and oxygen atoms in total. The molecule has 0 unspecified atom stereocenters. The molecule has 0 spiro atoms. The molecule has 3 rings (SSSR count). The molecular formula is C17H16ClN3O2. The van der Waals surface area contributed by atoms with E-state index in [2.05, 4.69) is 10.4 Å². The first-order valence-corrected chi connectivity index (χ1v) is 7.60. The Kier molecular flexibility index (Phi) is 4.48.